The molecule has 1 unspecified atom stereocenters. The SMILES string of the molecule is ClC(Cl)=CC1CC12CCC2. The molecule has 0 nitrogen and oxygen atoms in total. The third kappa shape index (κ3) is 0.981. The molecule has 0 saturated heterocycles. The summed E-state index contributed by atoms with van der Waals surface area (Å²) in [5.41, 5.74) is 0.676. The largest absolute Gasteiger partial charge is 0.103 e. The van der Waals surface area contributed by atoms with E-state index < -0.39 is 0 Å². The molecule has 2 saturated carbocycles. The molecule has 1 spiro atoms. The average molecular weight is 177 g/mol. The maximum absolute atomic E-state index is 5.55. The molecule has 2 fully saturated rings. The molecule has 0 amide bonds. The molecule has 2 rings (SSSR count). The van der Waals surface area contributed by atoms with Gasteiger partial charge >= 0.3 is 0 Å². The highest BCUT2D eigenvalue weighted by Gasteiger charge is 2.56. The van der Waals surface area contributed by atoms with Gasteiger partial charge in [-0.2, -0.15) is 0 Å². The minimum absolute atomic E-state index is 0.453. The average Bonchev–Trinajstić information content (AvgIpc) is 2.37. The highest BCUT2D eigenvalue weighted by atomic mass is 35.5. The molecule has 2 aliphatic rings. The minimum Gasteiger partial charge on any atom is -0.0712 e. The van der Waals surface area contributed by atoms with Gasteiger partial charge in [-0.15, -0.1) is 0 Å². The third-order valence-corrected chi connectivity index (χ3v) is 3.18. The number of rotatable bonds is 1. The van der Waals surface area contributed by atoms with Gasteiger partial charge in [0, 0.05) is 0 Å². The van der Waals surface area contributed by atoms with Crippen molar-refractivity contribution in [3.05, 3.63) is 10.6 Å². The molecule has 56 valence electrons. The van der Waals surface area contributed by atoms with Gasteiger partial charge in [-0.05, 0) is 30.6 Å². The van der Waals surface area contributed by atoms with E-state index in [1.807, 2.05) is 6.08 Å². The summed E-state index contributed by atoms with van der Waals surface area (Å²) in [4.78, 5) is 0. The zero-order chi connectivity index (χ0) is 7.19. The predicted octanol–water partition coefficient (Wildman–Crippen LogP) is 3.50. The van der Waals surface area contributed by atoms with Crippen molar-refractivity contribution in [2.75, 3.05) is 0 Å². The molecular weight excluding hydrogens is 167 g/mol. The lowest BCUT2D eigenvalue weighted by molar-refractivity contribution is 0.271. The monoisotopic (exact) mass is 176 g/mol. The summed E-state index contributed by atoms with van der Waals surface area (Å²) in [6.45, 7) is 0. The summed E-state index contributed by atoms with van der Waals surface area (Å²) in [6, 6.07) is 0. The van der Waals surface area contributed by atoms with Gasteiger partial charge in [0.2, 0.25) is 0 Å². The summed E-state index contributed by atoms with van der Waals surface area (Å²) in [5.74, 6) is 0.714. The Morgan fingerprint density at radius 2 is 2.10 bits per heavy atom. The Morgan fingerprint density at radius 1 is 1.40 bits per heavy atom. The molecule has 0 aromatic rings. The Balaban J connectivity index is 1.95. The lowest BCUT2D eigenvalue weighted by Crippen LogP contribution is -2.13. The van der Waals surface area contributed by atoms with E-state index in [0.717, 1.165) is 0 Å². The summed E-state index contributed by atoms with van der Waals surface area (Å²) in [5, 5.41) is 0. The highest BCUT2D eigenvalue weighted by molar-refractivity contribution is 6.55. The first-order valence-corrected chi connectivity index (χ1v) is 4.51. The van der Waals surface area contributed by atoms with Crippen LogP contribution in [0.15, 0.2) is 10.6 Å². The van der Waals surface area contributed by atoms with E-state index in [9.17, 15) is 0 Å². The van der Waals surface area contributed by atoms with E-state index in [1.165, 1.54) is 25.7 Å². The fraction of sp³-hybridized carbons (Fsp3) is 0.750. The second-order valence-corrected chi connectivity index (χ2v) is 4.49. The third-order valence-electron chi connectivity index (χ3n) is 2.93. The zero-order valence-electron chi connectivity index (χ0n) is 5.74. The number of allylic oxidation sites excluding steroid dienone is 1. The fourth-order valence-corrected chi connectivity index (χ4v) is 2.28. The molecular formula is C8H10Cl2. The lowest BCUT2D eigenvalue weighted by Gasteiger charge is -2.25. The van der Waals surface area contributed by atoms with Gasteiger partial charge in [0.05, 0.1) is 0 Å². The summed E-state index contributed by atoms with van der Waals surface area (Å²) in [7, 11) is 0. The van der Waals surface area contributed by atoms with E-state index in [2.05, 4.69) is 0 Å². The van der Waals surface area contributed by atoms with Crippen LogP contribution in [0.3, 0.4) is 0 Å². The minimum atomic E-state index is 0.453. The second kappa shape index (κ2) is 2.15. The van der Waals surface area contributed by atoms with Crippen LogP contribution in [0.4, 0.5) is 0 Å². The van der Waals surface area contributed by atoms with Crippen LogP contribution in [0, 0.1) is 11.3 Å². The summed E-state index contributed by atoms with van der Waals surface area (Å²) >= 11 is 11.1. The van der Waals surface area contributed by atoms with Crippen LogP contribution in [-0.4, -0.2) is 0 Å². The Labute approximate surface area is 71.2 Å². The quantitative estimate of drug-likeness (QED) is 0.575. The van der Waals surface area contributed by atoms with Crippen molar-refractivity contribution in [2.24, 2.45) is 11.3 Å². The first-order valence-electron chi connectivity index (χ1n) is 3.76. The van der Waals surface area contributed by atoms with Gasteiger partial charge in [0.1, 0.15) is 4.49 Å². The van der Waals surface area contributed by atoms with Gasteiger partial charge in [0.15, 0.2) is 0 Å². The van der Waals surface area contributed by atoms with Crippen molar-refractivity contribution in [3.8, 4) is 0 Å². The summed E-state index contributed by atoms with van der Waals surface area (Å²) < 4.78 is 0.453. The molecule has 0 aromatic carbocycles. The van der Waals surface area contributed by atoms with Gasteiger partial charge < -0.3 is 0 Å². The molecule has 0 bridgehead atoms. The maximum atomic E-state index is 5.55. The molecule has 0 aliphatic heterocycles. The van der Waals surface area contributed by atoms with Gasteiger partial charge in [-0.3, -0.25) is 0 Å². The Hall–Kier alpha value is 0.320. The van der Waals surface area contributed by atoms with Crippen LogP contribution in [0.5, 0.6) is 0 Å². The van der Waals surface area contributed by atoms with Crippen LogP contribution < -0.4 is 0 Å². The molecule has 0 heterocycles. The van der Waals surface area contributed by atoms with Crippen molar-refractivity contribution < 1.29 is 0 Å². The summed E-state index contributed by atoms with van der Waals surface area (Å²) in [6.07, 6.45) is 7.53. The standard InChI is InChI=1S/C8H10Cl2/c9-7(10)4-6-5-8(6)2-1-3-8/h4,6H,1-3,5H2. The van der Waals surface area contributed by atoms with Crippen LogP contribution in [0.25, 0.3) is 0 Å². The zero-order valence-corrected chi connectivity index (χ0v) is 7.25. The topological polar surface area (TPSA) is 0 Å². The second-order valence-electron chi connectivity index (χ2n) is 3.48. The molecule has 2 aliphatic carbocycles. The van der Waals surface area contributed by atoms with Crippen LogP contribution >= 0.6 is 23.2 Å². The normalized spacial score (nSPS) is 33.2. The van der Waals surface area contributed by atoms with E-state index in [0.29, 0.717) is 15.8 Å². The molecule has 2 heteroatoms. The number of hydrogen-bond donors (Lipinski definition) is 0. The van der Waals surface area contributed by atoms with E-state index in [1.54, 1.807) is 0 Å². The fourth-order valence-electron chi connectivity index (χ4n) is 1.97. The van der Waals surface area contributed by atoms with Gasteiger partial charge in [-0.25, -0.2) is 0 Å². The molecule has 0 aromatic heterocycles. The van der Waals surface area contributed by atoms with Crippen molar-refractivity contribution in [3.63, 3.8) is 0 Å². The maximum Gasteiger partial charge on any atom is 0.103 e. The first-order chi connectivity index (χ1) is 4.73. The van der Waals surface area contributed by atoms with Crippen molar-refractivity contribution >= 4 is 23.2 Å². The predicted molar refractivity (Wildman–Crippen MR) is 44.2 cm³/mol. The Morgan fingerprint density at radius 3 is 2.40 bits per heavy atom. The number of halogens is 2. The smallest absolute Gasteiger partial charge is 0.0712 e. The Bertz CT molecular complexity index is 176. The first kappa shape index (κ1) is 7.00. The molecule has 0 N–H and O–H groups in total. The highest BCUT2D eigenvalue weighted by Crippen LogP contribution is 2.66. The van der Waals surface area contributed by atoms with E-state index in [-0.39, 0.29) is 0 Å². The van der Waals surface area contributed by atoms with Crippen molar-refractivity contribution in [1.29, 1.82) is 0 Å². The van der Waals surface area contributed by atoms with E-state index >= 15 is 0 Å². The van der Waals surface area contributed by atoms with Crippen molar-refractivity contribution in [1.82, 2.24) is 0 Å². The van der Waals surface area contributed by atoms with Crippen LogP contribution in [-0.2, 0) is 0 Å². The molecule has 0 radical (unpaired) electrons. The molecule has 10 heavy (non-hydrogen) atoms. The van der Waals surface area contributed by atoms with Crippen LogP contribution in [0.2, 0.25) is 0 Å². The Kier molecular flexibility index (Phi) is 1.50. The van der Waals surface area contributed by atoms with Gasteiger partial charge in [-0.1, -0.05) is 35.7 Å². The van der Waals surface area contributed by atoms with Crippen LogP contribution in [0.1, 0.15) is 25.7 Å². The van der Waals surface area contributed by atoms with Gasteiger partial charge in [0.25, 0.3) is 0 Å². The molecule has 1 atom stereocenters. The van der Waals surface area contributed by atoms with Crippen molar-refractivity contribution in [2.45, 2.75) is 25.7 Å². The number of hydrogen-bond acceptors (Lipinski definition) is 0. The lowest BCUT2D eigenvalue weighted by atomic mass is 9.80. The van der Waals surface area contributed by atoms with E-state index in [4.69, 9.17) is 23.2 Å².